The highest BCUT2D eigenvalue weighted by Gasteiger charge is 2.28. The number of hydrogen-bond donors (Lipinski definition) is 2. The second-order valence-corrected chi connectivity index (χ2v) is 4.89. The number of rotatable bonds is 2. The summed E-state index contributed by atoms with van der Waals surface area (Å²) in [5.41, 5.74) is 3.22. The van der Waals surface area contributed by atoms with E-state index in [0.717, 1.165) is 16.8 Å². The van der Waals surface area contributed by atoms with Gasteiger partial charge in [-0.3, -0.25) is 4.79 Å². The molecule has 0 radical (unpaired) electrons. The van der Waals surface area contributed by atoms with E-state index in [9.17, 15) is 9.59 Å². The fourth-order valence-electron chi connectivity index (χ4n) is 2.51. The van der Waals surface area contributed by atoms with Crippen LogP contribution >= 0.6 is 0 Å². The molecular weight excluding hydrogens is 244 g/mol. The van der Waals surface area contributed by atoms with Gasteiger partial charge in [0, 0.05) is 25.2 Å². The lowest BCUT2D eigenvalue weighted by atomic mass is 10.1. The number of carbonyl (C=O) groups excluding carboxylic acids is 1. The third-order valence-electron chi connectivity index (χ3n) is 3.40. The van der Waals surface area contributed by atoms with Crippen molar-refractivity contribution < 1.29 is 14.7 Å². The molecule has 1 fully saturated rings. The Labute approximate surface area is 112 Å². The number of carboxylic acid groups (broad SMARTS) is 1. The summed E-state index contributed by atoms with van der Waals surface area (Å²) in [6.07, 6.45) is 0.317. The van der Waals surface area contributed by atoms with Gasteiger partial charge in [-0.05, 0) is 25.0 Å². The Balaban J connectivity index is 2.33. The molecule has 1 aliphatic rings. The number of carboxylic acids is 1. The van der Waals surface area contributed by atoms with Crippen LogP contribution in [0.4, 0.5) is 5.69 Å². The Morgan fingerprint density at radius 1 is 1.37 bits per heavy atom. The topological polar surface area (TPSA) is 69.6 Å². The fraction of sp³-hybridized carbons (Fsp3) is 0.429. The number of benzene rings is 1. The zero-order chi connectivity index (χ0) is 14.0. The Morgan fingerprint density at radius 2 is 2.00 bits per heavy atom. The lowest BCUT2D eigenvalue weighted by Crippen LogP contribution is -2.45. The molecule has 0 aliphatic carbocycles. The number of para-hydroxylation sites is 1. The molecule has 0 bridgehead atoms. The number of aliphatic carboxylic acids is 1. The molecule has 5 nitrogen and oxygen atoms in total. The van der Waals surface area contributed by atoms with Crippen LogP contribution in [0.2, 0.25) is 0 Å². The standard InChI is InChI=1S/C14H18N2O3/c1-9-4-3-5-10(2)13(9)16-7-6-12(17)15-11(8-16)14(18)19/h3-5,11H,6-8H2,1-2H3,(H,15,17)(H,18,19). The average molecular weight is 262 g/mol. The monoisotopic (exact) mass is 262 g/mol. The van der Waals surface area contributed by atoms with Crippen molar-refractivity contribution in [2.75, 3.05) is 18.0 Å². The van der Waals surface area contributed by atoms with Crippen molar-refractivity contribution in [2.24, 2.45) is 0 Å². The predicted molar refractivity (Wildman–Crippen MR) is 72.3 cm³/mol. The van der Waals surface area contributed by atoms with Gasteiger partial charge < -0.3 is 15.3 Å². The summed E-state index contributed by atoms with van der Waals surface area (Å²) < 4.78 is 0. The number of nitrogens with one attached hydrogen (secondary N) is 1. The first-order valence-electron chi connectivity index (χ1n) is 6.32. The van der Waals surface area contributed by atoms with E-state index in [1.54, 1.807) is 0 Å². The number of hydrogen-bond acceptors (Lipinski definition) is 3. The number of aryl methyl sites for hydroxylation is 2. The maximum atomic E-state index is 11.5. The van der Waals surface area contributed by atoms with Crippen molar-refractivity contribution >= 4 is 17.6 Å². The maximum absolute atomic E-state index is 11.5. The summed E-state index contributed by atoms with van der Waals surface area (Å²) in [4.78, 5) is 24.7. The Bertz CT molecular complexity index is 493. The van der Waals surface area contributed by atoms with E-state index in [-0.39, 0.29) is 5.91 Å². The van der Waals surface area contributed by atoms with Crippen LogP contribution in [0, 0.1) is 13.8 Å². The summed E-state index contributed by atoms with van der Waals surface area (Å²) in [6.45, 7) is 4.84. The van der Waals surface area contributed by atoms with Gasteiger partial charge >= 0.3 is 5.97 Å². The third kappa shape index (κ3) is 2.86. The largest absolute Gasteiger partial charge is 0.480 e. The third-order valence-corrected chi connectivity index (χ3v) is 3.40. The van der Waals surface area contributed by atoms with Gasteiger partial charge in [0.25, 0.3) is 0 Å². The van der Waals surface area contributed by atoms with E-state index in [0.29, 0.717) is 19.5 Å². The van der Waals surface area contributed by atoms with Crippen molar-refractivity contribution in [2.45, 2.75) is 26.3 Å². The Hall–Kier alpha value is -2.04. The van der Waals surface area contributed by atoms with Gasteiger partial charge in [0.1, 0.15) is 6.04 Å². The summed E-state index contributed by atoms with van der Waals surface area (Å²) in [6, 6.07) is 5.12. The Kier molecular flexibility index (Phi) is 3.74. The minimum Gasteiger partial charge on any atom is -0.480 e. The van der Waals surface area contributed by atoms with Crippen LogP contribution in [0.1, 0.15) is 17.5 Å². The van der Waals surface area contributed by atoms with Crippen LogP contribution in [-0.2, 0) is 9.59 Å². The summed E-state index contributed by atoms with van der Waals surface area (Å²) in [5, 5.41) is 11.7. The molecule has 0 saturated carbocycles. The van der Waals surface area contributed by atoms with Gasteiger partial charge in [-0.2, -0.15) is 0 Å². The molecule has 1 unspecified atom stereocenters. The highest BCUT2D eigenvalue weighted by molar-refractivity contribution is 5.85. The van der Waals surface area contributed by atoms with Crippen LogP contribution < -0.4 is 10.2 Å². The van der Waals surface area contributed by atoms with Gasteiger partial charge in [0.05, 0.1) is 0 Å². The van der Waals surface area contributed by atoms with Crippen molar-refractivity contribution in [3.63, 3.8) is 0 Å². The molecule has 102 valence electrons. The van der Waals surface area contributed by atoms with Gasteiger partial charge in [0.15, 0.2) is 0 Å². The van der Waals surface area contributed by atoms with E-state index >= 15 is 0 Å². The second-order valence-electron chi connectivity index (χ2n) is 4.89. The van der Waals surface area contributed by atoms with Crippen molar-refractivity contribution in [3.8, 4) is 0 Å². The molecule has 0 spiro atoms. The zero-order valence-corrected chi connectivity index (χ0v) is 11.1. The molecule has 1 amide bonds. The molecule has 1 aliphatic heterocycles. The highest BCUT2D eigenvalue weighted by atomic mass is 16.4. The van der Waals surface area contributed by atoms with E-state index in [2.05, 4.69) is 5.32 Å². The SMILES string of the molecule is Cc1cccc(C)c1N1CCC(=O)NC(C(=O)O)C1. The first kappa shape index (κ1) is 13.4. The van der Waals surface area contributed by atoms with Crippen molar-refractivity contribution in [1.29, 1.82) is 0 Å². The molecule has 5 heteroatoms. The number of carbonyl (C=O) groups is 2. The van der Waals surface area contributed by atoms with Crippen LogP contribution in [0.15, 0.2) is 18.2 Å². The lowest BCUT2D eigenvalue weighted by molar-refractivity contribution is -0.141. The molecule has 1 atom stereocenters. The van der Waals surface area contributed by atoms with Crippen LogP contribution in [0.5, 0.6) is 0 Å². The predicted octanol–water partition coefficient (Wildman–Crippen LogP) is 1.08. The minimum atomic E-state index is -0.994. The van der Waals surface area contributed by atoms with Gasteiger partial charge in [-0.15, -0.1) is 0 Å². The maximum Gasteiger partial charge on any atom is 0.328 e. The quantitative estimate of drug-likeness (QED) is 0.837. The number of nitrogens with zero attached hydrogens (tertiary/aromatic N) is 1. The molecule has 19 heavy (non-hydrogen) atoms. The van der Waals surface area contributed by atoms with E-state index in [4.69, 9.17) is 5.11 Å². The minimum absolute atomic E-state index is 0.207. The van der Waals surface area contributed by atoms with Crippen molar-refractivity contribution in [3.05, 3.63) is 29.3 Å². The lowest BCUT2D eigenvalue weighted by Gasteiger charge is -2.27. The molecule has 2 rings (SSSR count). The van der Waals surface area contributed by atoms with Crippen LogP contribution in [0.25, 0.3) is 0 Å². The molecule has 1 heterocycles. The summed E-state index contributed by atoms with van der Waals surface area (Å²) in [5.74, 6) is -1.20. The average Bonchev–Trinajstić information content (AvgIpc) is 2.52. The molecule has 1 saturated heterocycles. The van der Waals surface area contributed by atoms with E-state index < -0.39 is 12.0 Å². The van der Waals surface area contributed by atoms with E-state index in [1.807, 2.05) is 36.9 Å². The molecule has 1 aromatic carbocycles. The summed E-state index contributed by atoms with van der Waals surface area (Å²) >= 11 is 0. The van der Waals surface area contributed by atoms with E-state index in [1.165, 1.54) is 0 Å². The smallest absolute Gasteiger partial charge is 0.328 e. The number of anilines is 1. The highest BCUT2D eigenvalue weighted by Crippen LogP contribution is 2.25. The zero-order valence-electron chi connectivity index (χ0n) is 11.1. The van der Waals surface area contributed by atoms with Gasteiger partial charge in [0.2, 0.25) is 5.91 Å². The second kappa shape index (κ2) is 5.30. The first-order chi connectivity index (χ1) is 8.99. The first-order valence-corrected chi connectivity index (χ1v) is 6.32. The van der Waals surface area contributed by atoms with Gasteiger partial charge in [-0.1, -0.05) is 18.2 Å². The Morgan fingerprint density at radius 3 is 2.58 bits per heavy atom. The van der Waals surface area contributed by atoms with Crippen LogP contribution in [-0.4, -0.2) is 36.1 Å². The summed E-state index contributed by atoms with van der Waals surface area (Å²) in [7, 11) is 0. The molecule has 0 aromatic heterocycles. The normalized spacial score (nSPS) is 19.8. The van der Waals surface area contributed by atoms with Crippen molar-refractivity contribution in [1.82, 2.24) is 5.32 Å². The van der Waals surface area contributed by atoms with Gasteiger partial charge in [-0.25, -0.2) is 4.79 Å². The molecule has 2 N–H and O–H groups in total. The fourth-order valence-corrected chi connectivity index (χ4v) is 2.51. The van der Waals surface area contributed by atoms with Crippen LogP contribution in [0.3, 0.4) is 0 Å². The molecule has 1 aromatic rings. The molecular formula is C14H18N2O3. The number of amides is 1.